The van der Waals surface area contributed by atoms with Crippen molar-refractivity contribution in [3.8, 4) is 39.8 Å². The van der Waals surface area contributed by atoms with E-state index in [1.165, 1.54) is 215 Å². The molecule has 0 radical (unpaired) electrons. The highest BCUT2D eigenvalue weighted by molar-refractivity contribution is 6.15. The summed E-state index contributed by atoms with van der Waals surface area (Å²) >= 11 is 0. The van der Waals surface area contributed by atoms with Crippen molar-refractivity contribution in [3.05, 3.63) is 477 Å². The van der Waals surface area contributed by atoms with Gasteiger partial charge in [-0.25, -0.2) is 0 Å². The minimum absolute atomic E-state index is 1.17. The molecule has 26 rings (SSSR count). The Bertz CT molecular complexity index is 8040. The number of hydrogen-bond acceptors (Lipinski definition) is 0. The number of benzene rings is 19. The zero-order chi connectivity index (χ0) is 95.6. The Labute approximate surface area is 806 Å². The number of fused-ring (bicyclic) bond motifs is 21. The zero-order valence-corrected chi connectivity index (χ0v) is 81.9. The van der Waals surface area contributed by atoms with Gasteiger partial charge in [-0.3, -0.25) is 0 Å². The fourth-order valence-electron chi connectivity index (χ4n) is 19.3. The summed E-state index contributed by atoms with van der Waals surface area (Å²) in [5, 5.41) is 18.2. The Balaban J connectivity index is 0.000000122. The Kier molecular flexibility index (Phi) is 29.9. The predicted octanol–water partition coefficient (Wildman–Crippen LogP) is 37.5. The van der Waals surface area contributed by atoms with E-state index in [1.54, 1.807) is 0 Å². The molecule has 0 aliphatic rings. The van der Waals surface area contributed by atoms with Gasteiger partial charge in [-0.05, 0) is 215 Å². The van der Waals surface area contributed by atoms with Crippen LogP contribution in [0.25, 0.3) is 192 Å². The summed E-state index contributed by atoms with van der Waals surface area (Å²) in [6, 6.07) is 163. The van der Waals surface area contributed by atoms with Crippen LogP contribution in [0, 0.1) is 27.7 Å². The van der Waals surface area contributed by atoms with Crippen molar-refractivity contribution < 1.29 is 0 Å². The first-order valence-electron chi connectivity index (χ1n) is 49.0. The molecule has 0 N–H and O–H groups in total. The largest absolute Gasteiger partial charge is 0.309 e. The lowest BCUT2D eigenvalue weighted by Gasteiger charge is -2.12. The van der Waals surface area contributed by atoms with Crippen LogP contribution < -0.4 is 0 Å². The summed E-state index contributed by atoms with van der Waals surface area (Å²) in [6.45, 7) is 32.6. The molecule has 19 aromatic carbocycles. The summed E-state index contributed by atoms with van der Waals surface area (Å²) < 4.78 is 16.5. The smallest absolute Gasteiger partial charge is 0.0543 e. The van der Waals surface area contributed by atoms with E-state index in [0.717, 1.165) is 0 Å². The highest BCUT2D eigenvalue weighted by atomic mass is 15.0. The molecular formula is C130H123N7. The van der Waals surface area contributed by atoms with Crippen LogP contribution >= 0.6 is 0 Å². The van der Waals surface area contributed by atoms with E-state index in [-0.39, 0.29) is 0 Å². The summed E-state index contributed by atoms with van der Waals surface area (Å²) in [4.78, 5) is 0. The van der Waals surface area contributed by atoms with Gasteiger partial charge in [0.15, 0.2) is 0 Å². The molecule has 7 heteroatoms. The molecule has 7 heterocycles. The van der Waals surface area contributed by atoms with Crippen LogP contribution in [0.1, 0.15) is 105 Å². The molecule has 0 spiro atoms. The van der Waals surface area contributed by atoms with E-state index < -0.39 is 0 Å². The Morgan fingerprint density at radius 1 is 0.102 bits per heavy atom. The SMILES string of the molecule is CC.CC.CC.CC.CC.CC.Cc1ccc2c(c1)c1cc(C)ccc1n2-c1ccccc1.Cc1ccc2c(c1)c1ccccc1n2-c1ccccc1.Cc1ccc2c3ccccc3n(-c3ccccc3)c2c1.c1cc(-n2c3ccccc3c3ccccc32)cc(-n2c3ccccc3c3ccccc32)c1.c1ccc2c(c1)c1ccccc1n2-c1ccc(-n2c3ccccc3c3ccccc32)cc1. The zero-order valence-electron chi connectivity index (χ0n) is 81.9. The van der Waals surface area contributed by atoms with Crippen LogP contribution in [0.4, 0.5) is 0 Å². The van der Waals surface area contributed by atoms with Crippen LogP contribution in [0.15, 0.2) is 455 Å². The second-order valence-corrected chi connectivity index (χ2v) is 32.6. The fraction of sp³-hybridized carbons (Fsp3) is 0.123. The number of nitrogens with zero attached hydrogens (tertiary/aromatic N) is 7. The maximum atomic E-state index is 2.38. The van der Waals surface area contributed by atoms with Gasteiger partial charge in [0.05, 0.1) is 77.2 Å². The monoisotopic (exact) mass is 1780 g/mol. The molecule has 26 aromatic rings. The third kappa shape index (κ3) is 18.2. The van der Waals surface area contributed by atoms with Crippen molar-refractivity contribution in [1.82, 2.24) is 32.0 Å². The maximum Gasteiger partial charge on any atom is 0.0543 e. The highest BCUT2D eigenvalue weighted by Crippen LogP contribution is 2.41. The molecule has 137 heavy (non-hydrogen) atoms. The van der Waals surface area contributed by atoms with E-state index in [9.17, 15) is 0 Å². The molecule has 0 aliphatic carbocycles. The van der Waals surface area contributed by atoms with Crippen molar-refractivity contribution in [2.45, 2.75) is 111 Å². The van der Waals surface area contributed by atoms with Crippen molar-refractivity contribution in [1.29, 1.82) is 0 Å². The van der Waals surface area contributed by atoms with Crippen LogP contribution in [0.5, 0.6) is 0 Å². The van der Waals surface area contributed by atoms with Gasteiger partial charge < -0.3 is 32.0 Å². The number of para-hydroxylation sites is 13. The van der Waals surface area contributed by atoms with E-state index in [0.29, 0.717) is 0 Å². The number of aryl methyl sites for hydroxylation is 4. The molecule has 7 aromatic heterocycles. The van der Waals surface area contributed by atoms with E-state index >= 15 is 0 Å². The lowest BCUT2D eigenvalue weighted by Crippen LogP contribution is -1.98. The van der Waals surface area contributed by atoms with Gasteiger partial charge in [0.2, 0.25) is 0 Å². The number of aromatic nitrogens is 7. The highest BCUT2D eigenvalue weighted by Gasteiger charge is 2.21. The average molecular weight is 1780 g/mol. The van der Waals surface area contributed by atoms with Gasteiger partial charge in [-0.15, -0.1) is 0 Å². The Morgan fingerprint density at radius 2 is 0.255 bits per heavy atom. The van der Waals surface area contributed by atoms with Crippen molar-refractivity contribution >= 4 is 153 Å². The van der Waals surface area contributed by atoms with Crippen LogP contribution in [-0.4, -0.2) is 32.0 Å². The minimum atomic E-state index is 1.17. The molecule has 0 saturated heterocycles. The lowest BCUT2D eigenvalue weighted by molar-refractivity contribution is 1.13. The van der Waals surface area contributed by atoms with E-state index in [1.807, 2.05) is 83.1 Å². The second kappa shape index (κ2) is 43.6. The van der Waals surface area contributed by atoms with Gasteiger partial charge in [-0.2, -0.15) is 0 Å². The molecule has 0 atom stereocenters. The van der Waals surface area contributed by atoms with Gasteiger partial charge in [-0.1, -0.05) is 373 Å². The molecule has 0 fully saturated rings. The Hall–Kier alpha value is -16.2. The second-order valence-electron chi connectivity index (χ2n) is 32.6. The summed E-state index contributed by atoms with van der Waals surface area (Å²) in [5.41, 5.74) is 31.0. The van der Waals surface area contributed by atoms with Crippen LogP contribution in [0.3, 0.4) is 0 Å². The first-order valence-corrected chi connectivity index (χ1v) is 49.0. The summed E-state index contributed by atoms with van der Waals surface area (Å²) in [7, 11) is 0. The molecule has 0 unspecified atom stereocenters. The van der Waals surface area contributed by atoms with Gasteiger partial charge in [0, 0.05) is 115 Å². The average Bonchev–Trinajstić information content (AvgIpc) is 1.56. The molecule has 0 saturated carbocycles. The summed E-state index contributed by atoms with van der Waals surface area (Å²) in [5.74, 6) is 0. The van der Waals surface area contributed by atoms with E-state index in [4.69, 9.17) is 0 Å². The van der Waals surface area contributed by atoms with Crippen LogP contribution in [-0.2, 0) is 0 Å². The quantitative estimate of drug-likeness (QED) is 0.152. The number of rotatable bonds is 7. The molecule has 0 aliphatic heterocycles. The van der Waals surface area contributed by atoms with Gasteiger partial charge >= 0.3 is 0 Å². The minimum Gasteiger partial charge on any atom is -0.309 e. The Morgan fingerprint density at radius 3 is 0.496 bits per heavy atom. The first-order chi connectivity index (χ1) is 67.7. The molecule has 678 valence electrons. The standard InChI is InChI=1S/2C30H20N2.C20H17N.2C19H15N.6C2H6/c1-5-16-27-23(12-1)24-13-2-6-17-28(24)31(27)21-10-9-11-22(20-21)32-29-18-7-3-14-25(29)26-15-4-8-19-30(26)32;1-5-13-27-23(9-1)24-10-2-6-14-28(24)31(27)21-17-19-22(20-18-21)32-29-15-7-3-11-25(29)26-12-4-8-16-30(26)32;1-14-8-10-19-17(12-14)18-13-15(2)9-11-20(18)21(19)16-6-4-3-5-7-16;1-14-11-12-19-17(13-14)16-9-5-6-10-18(16)20(19)15-7-3-2-4-8-15;1-14-11-12-17-16-9-5-6-10-18(16)20(19(17)13-14)15-7-3-2-4-8-15;6*1-2/h2*1-20H;3-13H,1-2H3;2*2-13H,1H3;6*1-2H3. The van der Waals surface area contributed by atoms with Gasteiger partial charge in [0.25, 0.3) is 0 Å². The van der Waals surface area contributed by atoms with Crippen molar-refractivity contribution in [2.75, 3.05) is 0 Å². The van der Waals surface area contributed by atoms with E-state index in [2.05, 4.69) is 515 Å². The van der Waals surface area contributed by atoms with Gasteiger partial charge in [0.1, 0.15) is 0 Å². The normalized spacial score (nSPS) is 10.8. The fourth-order valence-corrected chi connectivity index (χ4v) is 19.3. The molecule has 0 amide bonds. The molecule has 7 nitrogen and oxygen atoms in total. The predicted molar refractivity (Wildman–Crippen MR) is 600 cm³/mol. The van der Waals surface area contributed by atoms with Crippen molar-refractivity contribution in [3.63, 3.8) is 0 Å². The van der Waals surface area contributed by atoms with Crippen LogP contribution in [0.2, 0.25) is 0 Å². The third-order valence-electron chi connectivity index (χ3n) is 24.8. The number of hydrogen-bond donors (Lipinski definition) is 0. The maximum absolute atomic E-state index is 2.38. The van der Waals surface area contributed by atoms with Crippen molar-refractivity contribution in [2.24, 2.45) is 0 Å². The molecular weight excluding hydrogens is 1660 g/mol. The lowest BCUT2D eigenvalue weighted by atomic mass is 10.1. The molecule has 0 bridgehead atoms. The first kappa shape index (κ1) is 94.0. The topological polar surface area (TPSA) is 34.5 Å². The summed E-state index contributed by atoms with van der Waals surface area (Å²) in [6.07, 6.45) is 0. The third-order valence-corrected chi connectivity index (χ3v) is 24.8.